The van der Waals surface area contributed by atoms with Crippen LogP contribution in [0.3, 0.4) is 0 Å². The fourth-order valence-corrected chi connectivity index (χ4v) is 2.57. The van der Waals surface area contributed by atoms with E-state index in [1.54, 1.807) is 18.3 Å². The minimum Gasteiger partial charge on any atom is -0.353 e. The first kappa shape index (κ1) is 13.8. The zero-order chi connectivity index (χ0) is 13.3. The van der Waals surface area contributed by atoms with Crippen molar-refractivity contribution in [3.8, 4) is 0 Å². The van der Waals surface area contributed by atoms with E-state index in [2.05, 4.69) is 10.3 Å². The first-order valence-electron chi connectivity index (χ1n) is 7.21. The summed E-state index contributed by atoms with van der Waals surface area (Å²) in [5, 5.41) is 2.95. The topological polar surface area (TPSA) is 42.0 Å². The number of amides is 1. The van der Waals surface area contributed by atoms with Gasteiger partial charge in [-0.1, -0.05) is 38.2 Å². The van der Waals surface area contributed by atoms with Crippen LogP contribution in [-0.2, 0) is 4.79 Å². The van der Waals surface area contributed by atoms with Crippen LogP contribution in [0.2, 0.25) is 0 Å². The minimum atomic E-state index is -0.0264. The van der Waals surface area contributed by atoms with Crippen molar-refractivity contribution < 1.29 is 4.79 Å². The molecule has 1 N–H and O–H groups in total. The molecule has 3 nitrogen and oxygen atoms in total. The maximum Gasteiger partial charge on any atom is 0.244 e. The number of hydrogen-bond donors (Lipinski definition) is 1. The quantitative estimate of drug-likeness (QED) is 0.824. The van der Waals surface area contributed by atoms with E-state index in [1.165, 1.54) is 32.1 Å². The normalized spacial score (nSPS) is 16.6. The van der Waals surface area contributed by atoms with Crippen molar-refractivity contribution in [1.29, 1.82) is 0 Å². The molecular weight excluding hydrogens is 236 g/mol. The highest BCUT2D eigenvalue weighted by molar-refractivity contribution is 5.91. The molecular formula is C16H22N2O. The molecule has 1 aliphatic rings. The standard InChI is InChI=1S/C16H22N2O/c19-16(10-9-15-8-4-5-12-17-15)18-13-11-14-6-2-1-3-7-14/h4-5,8-10,12,14H,1-3,6-7,11,13H2,(H,18,19). The molecule has 0 unspecified atom stereocenters. The lowest BCUT2D eigenvalue weighted by molar-refractivity contribution is -0.116. The van der Waals surface area contributed by atoms with Crippen LogP contribution in [0.15, 0.2) is 30.5 Å². The number of nitrogens with zero attached hydrogens (tertiary/aromatic N) is 1. The van der Waals surface area contributed by atoms with Gasteiger partial charge in [0.15, 0.2) is 0 Å². The van der Waals surface area contributed by atoms with E-state index in [9.17, 15) is 4.79 Å². The Labute approximate surface area is 115 Å². The number of aromatic nitrogens is 1. The molecule has 0 radical (unpaired) electrons. The summed E-state index contributed by atoms with van der Waals surface area (Å²) in [6, 6.07) is 5.65. The van der Waals surface area contributed by atoms with Crippen LogP contribution in [0.1, 0.15) is 44.2 Å². The van der Waals surface area contributed by atoms with Crippen molar-refractivity contribution in [3.05, 3.63) is 36.2 Å². The molecule has 1 heterocycles. The number of carbonyl (C=O) groups is 1. The number of nitrogens with one attached hydrogen (secondary N) is 1. The van der Waals surface area contributed by atoms with Crippen LogP contribution >= 0.6 is 0 Å². The van der Waals surface area contributed by atoms with Crippen molar-refractivity contribution in [1.82, 2.24) is 10.3 Å². The summed E-state index contributed by atoms with van der Waals surface area (Å²) in [5.74, 6) is 0.787. The van der Waals surface area contributed by atoms with Gasteiger partial charge >= 0.3 is 0 Å². The predicted octanol–water partition coefficient (Wildman–Crippen LogP) is 3.18. The van der Waals surface area contributed by atoms with Crippen LogP contribution in [-0.4, -0.2) is 17.4 Å². The molecule has 0 aliphatic heterocycles. The minimum absolute atomic E-state index is 0.0264. The van der Waals surface area contributed by atoms with E-state index in [4.69, 9.17) is 0 Å². The average molecular weight is 258 g/mol. The highest BCUT2D eigenvalue weighted by Gasteiger charge is 2.12. The molecule has 0 aromatic carbocycles. The number of carbonyl (C=O) groups excluding carboxylic acids is 1. The third-order valence-corrected chi connectivity index (χ3v) is 3.67. The van der Waals surface area contributed by atoms with Crippen molar-refractivity contribution in [3.63, 3.8) is 0 Å². The Hall–Kier alpha value is -1.64. The molecule has 2 rings (SSSR count). The molecule has 19 heavy (non-hydrogen) atoms. The molecule has 102 valence electrons. The maximum atomic E-state index is 11.6. The van der Waals surface area contributed by atoms with Gasteiger partial charge in [-0.25, -0.2) is 0 Å². The van der Waals surface area contributed by atoms with Gasteiger partial charge in [0.1, 0.15) is 0 Å². The van der Waals surface area contributed by atoms with Crippen molar-refractivity contribution in [2.45, 2.75) is 38.5 Å². The number of pyridine rings is 1. The molecule has 3 heteroatoms. The summed E-state index contributed by atoms with van der Waals surface area (Å²) in [6.45, 7) is 0.788. The molecule has 1 aromatic heterocycles. The lowest BCUT2D eigenvalue weighted by atomic mass is 9.87. The molecule has 1 amide bonds. The lowest BCUT2D eigenvalue weighted by Gasteiger charge is -2.21. The molecule has 1 saturated carbocycles. The van der Waals surface area contributed by atoms with Gasteiger partial charge in [-0.2, -0.15) is 0 Å². The Morgan fingerprint density at radius 3 is 2.89 bits per heavy atom. The van der Waals surface area contributed by atoms with E-state index in [1.807, 2.05) is 18.2 Å². The molecule has 1 aliphatic carbocycles. The van der Waals surface area contributed by atoms with Gasteiger partial charge in [0.25, 0.3) is 0 Å². The largest absolute Gasteiger partial charge is 0.353 e. The predicted molar refractivity (Wildman–Crippen MR) is 77.5 cm³/mol. The Morgan fingerprint density at radius 1 is 1.32 bits per heavy atom. The monoisotopic (exact) mass is 258 g/mol. The van der Waals surface area contributed by atoms with Gasteiger partial charge in [0.05, 0.1) is 5.69 Å². The van der Waals surface area contributed by atoms with Gasteiger partial charge in [0.2, 0.25) is 5.91 Å². The van der Waals surface area contributed by atoms with Crippen LogP contribution in [0, 0.1) is 5.92 Å². The number of hydrogen-bond acceptors (Lipinski definition) is 2. The summed E-state index contributed by atoms with van der Waals surface area (Å²) >= 11 is 0. The summed E-state index contributed by atoms with van der Waals surface area (Å²) in [7, 11) is 0. The van der Waals surface area contributed by atoms with Gasteiger partial charge in [-0.3, -0.25) is 9.78 Å². The summed E-state index contributed by atoms with van der Waals surface area (Å²) in [5.41, 5.74) is 0.810. The number of rotatable bonds is 5. The Bertz CT molecular complexity index is 408. The zero-order valence-electron chi connectivity index (χ0n) is 11.3. The SMILES string of the molecule is O=C(C=Cc1ccccn1)NCCC1CCCCC1. The third-order valence-electron chi connectivity index (χ3n) is 3.67. The van der Waals surface area contributed by atoms with E-state index < -0.39 is 0 Å². The molecule has 1 aromatic rings. The van der Waals surface area contributed by atoms with Crippen molar-refractivity contribution in [2.24, 2.45) is 5.92 Å². The van der Waals surface area contributed by atoms with Crippen LogP contribution < -0.4 is 5.32 Å². The molecule has 0 atom stereocenters. The van der Waals surface area contributed by atoms with E-state index in [-0.39, 0.29) is 5.91 Å². The highest BCUT2D eigenvalue weighted by atomic mass is 16.1. The van der Waals surface area contributed by atoms with Crippen LogP contribution in [0.5, 0.6) is 0 Å². The molecule has 0 spiro atoms. The van der Waals surface area contributed by atoms with Crippen molar-refractivity contribution in [2.75, 3.05) is 6.54 Å². The Morgan fingerprint density at radius 2 is 2.16 bits per heavy atom. The second-order valence-corrected chi connectivity index (χ2v) is 5.17. The Kier molecular flexibility index (Phi) is 5.60. The van der Waals surface area contributed by atoms with Gasteiger partial charge in [-0.15, -0.1) is 0 Å². The van der Waals surface area contributed by atoms with Crippen molar-refractivity contribution >= 4 is 12.0 Å². The summed E-state index contributed by atoms with van der Waals surface area (Å²) in [4.78, 5) is 15.8. The zero-order valence-corrected chi connectivity index (χ0v) is 11.3. The molecule has 0 bridgehead atoms. The fourth-order valence-electron chi connectivity index (χ4n) is 2.57. The van der Waals surface area contributed by atoms with Crippen LogP contribution in [0.4, 0.5) is 0 Å². The molecule has 0 saturated heterocycles. The summed E-state index contributed by atoms with van der Waals surface area (Å²) in [6.07, 6.45) is 12.9. The first-order chi connectivity index (χ1) is 9.34. The van der Waals surface area contributed by atoms with E-state index in [0.717, 1.165) is 24.6 Å². The van der Waals surface area contributed by atoms with Crippen LogP contribution in [0.25, 0.3) is 6.08 Å². The second-order valence-electron chi connectivity index (χ2n) is 5.17. The molecule has 1 fully saturated rings. The van der Waals surface area contributed by atoms with Gasteiger partial charge in [0, 0.05) is 18.8 Å². The maximum absolute atomic E-state index is 11.6. The lowest BCUT2D eigenvalue weighted by Crippen LogP contribution is -2.24. The fraction of sp³-hybridized carbons (Fsp3) is 0.500. The first-order valence-corrected chi connectivity index (χ1v) is 7.21. The van der Waals surface area contributed by atoms with Gasteiger partial charge in [-0.05, 0) is 30.5 Å². The average Bonchev–Trinajstić information content (AvgIpc) is 2.47. The second kappa shape index (κ2) is 7.72. The Balaban J connectivity index is 1.65. The van der Waals surface area contributed by atoms with Gasteiger partial charge < -0.3 is 5.32 Å². The third kappa shape index (κ3) is 5.25. The smallest absolute Gasteiger partial charge is 0.244 e. The van der Waals surface area contributed by atoms with E-state index >= 15 is 0 Å². The highest BCUT2D eigenvalue weighted by Crippen LogP contribution is 2.25. The van der Waals surface area contributed by atoms with E-state index in [0.29, 0.717) is 0 Å². The summed E-state index contributed by atoms with van der Waals surface area (Å²) < 4.78 is 0.